The number of benzene rings is 2. The maximum atomic E-state index is 14.3. The molecule has 0 fully saturated rings. The number of carbonyl (C=O) groups excluding carboxylic acids is 1. The van der Waals surface area contributed by atoms with Crippen LogP contribution >= 0.6 is 0 Å². The Labute approximate surface area is 190 Å². The van der Waals surface area contributed by atoms with Crippen molar-refractivity contribution in [3.05, 3.63) is 87.7 Å². The number of fused-ring (bicyclic) bond motifs is 1. The van der Waals surface area contributed by atoms with Gasteiger partial charge in [-0.05, 0) is 43.5 Å². The van der Waals surface area contributed by atoms with Crippen LogP contribution in [0.15, 0.2) is 59.5 Å². The van der Waals surface area contributed by atoms with Gasteiger partial charge in [0.1, 0.15) is 17.9 Å². The van der Waals surface area contributed by atoms with E-state index < -0.39 is 17.5 Å². The summed E-state index contributed by atoms with van der Waals surface area (Å²) in [6.07, 6.45) is 1.64. The Bertz CT molecular complexity index is 1380. The molecule has 2 heterocycles. The van der Waals surface area contributed by atoms with Crippen molar-refractivity contribution in [2.24, 2.45) is 0 Å². The second-order valence-electron chi connectivity index (χ2n) is 8.47. The van der Waals surface area contributed by atoms with Crippen LogP contribution in [0.25, 0.3) is 16.6 Å². The first kappa shape index (κ1) is 22.4. The second-order valence-corrected chi connectivity index (χ2v) is 8.47. The lowest BCUT2D eigenvalue weighted by Gasteiger charge is -2.17. The average Bonchev–Trinajstić information content (AvgIpc) is 3.21. The van der Waals surface area contributed by atoms with Gasteiger partial charge < -0.3 is 5.32 Å². The Morgan fingerprint density at radius 1 is 1.12 bits per heavy atom. The van der Waals surface area contributed by atoms with E-state index in [1.165, 1.54) is 6.07 Å². The largest absolute Gasteiger partial charge is 0.348 e. The molecule has 8 heteroatoms. The Hall–Kier alpha value is -3.81. The van der Waals surface area contributed by atoms with Crippen LogP contribution < -0.4 is 10.9 Å². The number of nitrogens with zero attached hydrogens (tertiary/aromatic N) is 4. The average molecular weight is 448 g/mol. The van der Waals surface area contributed by atoms with Crippen molar-refractivity contribution in [3.63, 3.8) is 0 Å². The highest BCUT2D eigenvalue weighted by Gasteiger charge is 2.21. The minimum absolute atomic E-state index is 0.0106. The summed E-state index contributed by atoms with van der Waals surface area (Å²) in [6, 6.07) is 13.6. The monoisotopic (exact) mass is 447 g/mol. The molecule has 33 heavy (non-hydrogen) atoms. The van der Waals surface area contributed by atoms with Crippen LogP contribution in [0.4, 0.5) is 4.39 Å². The van der Waals surface area contributed by atoms with E-state index in [1.54, 1.807) is 36.9 Å². The number of aromatic nitrogens is 4. The van der Waals surface area contributed by atoms with Gasteiger partial charge in [-0.1, -0.05) is 44.2 Å². The third kappa shape index (κ3) is 4.41. The summed E-state index contributed by atoms with van der Waals surface area (Å²) in [6.45, 7) is 7.16. The standard InChI is InChI=1S/C25H26FN5O2/c1-15(2)23-20-13-27-31(18-8-6-5-7-9-18)24(20)25(33)30(29-23)14-22(32)28-17(4)19-11-10-16(3)12-21(19)26/h5-13,15,17H,14H2,1-4H3,(H,28,32)/t17-/m0/s1. The summed E-state index contributed by atoms with van der Waals surface area (Å²) in [5.41, 5.74) is 2.55. The van der Waals surface area contributed by atoms with Crippen molar-refractivity contribution in [3.8, 4) is 5.69 Å². The summed E-state index contributed by atoms with van der Waals surface area (Å²) in [4.78, 5) is 26.1. The molecule has 0 aliphatic heterocycles. The first-order valence-electron chi connectivity index (χ1n) is 10.9. The van der Waals surface area contributed by atoms with Gasteiger partial charge in [0.05, 0.1) is 23.6 Å². The fourth-order valence-electron chi connectivity index (χ4n) is 3.88. The second kappa shape index (κ2) is 8.97. The van der Waals surface area contributed by atoms with Crippen LogP contribution in [0.2, 0.25) is 0 Å². The highest BCUT2D eigenvalue weighted by molar-refractivity contribution is 5.82. The zero-order valence-electron chi connectivity index (χ0n) is 19.0. The van der Waals surface area contributed by atoms with E-state index in [2.05, 4.69) is 15.5 Å². The fraction of sp³-hybridized carbons (Fsp3) is 0.280. The number of para-hydroxylation sites is 1. The Morgan fingerprint density at radius 2 is 1.85 bits per heavy atom. The van der Waals surface area contributed by atoms with Gasteiger partial charge in [0.15, 0.2) is 0 Å². The topological polar surface area (TPSA) is 81.8 Å². The van der Waals surface area contributed by atoms with Gasteiger partial charge in [0.2, 0.25) is 5.91 Å². The van der Waals surface area contributed by atoms with Crippen LogP contribution in [0.3, 0.4) is 0 Å². The van der Waals surface area contributed by atoms with Gasteiger partial charge in [-0.3, -0.25) is 9.59 Å². The van der Waals surface area contributed by atoms with Crippen molar-refractivity contribution < 1.29 is 9.18 Å². The lowest BCUT2D eigenvalue weighted by atomic mass is 10.1. The van der Waals surface area contributed by atoms with Gasteiger partial charge in [-0.25, -0.2) is 13.8 Å². The van der Waals surface area contributed by atoms with Crippen molar-refractivity contribution in [1.82, 2.24) is 24.9 Å². The van der Waals surface area contributed by atoms with Gasteiger partial charge in [0.25, 0.3) is 5.56 Å². The summed E-state index contributed by atoms with van der Waals surface area (Å²) in [5, 5.41) is 12.3. The molecule has 0 aliphatic carbocycles. The smallest absolute Gasteiger partial charge is 0.293 e. The molecule has 0 spiro atoms. The third-order valence-electron chi connectivity index (χ3n) is 5.55. The van der Waals surface area contributed by atoms with Crippen LogP contribution in [0, 0.1) is 12.7 Å². The molecule has 0 radical (unpaired) electrons. The minimum Gasteiger partial charge on any atom is -0.348 e. The molecule has 7 nitrogen and oxygen atoms in total. The summed E-state index contributed by atoms with van der Waals surface area (Å²) >= 11 is 0. The zero-order valence-corrected chi connectivity index (χ0v) is 19.0. The van der Waals surface area contributed by atoms with Crippen LogP contribution in [-0.4, -0.2) is 25.5 Å². The molecule has 0 saturated heterocycles. The molecule has 0 aliphatic rings. The number of amides is 1. The van der Waals surface area contributed by atoms with Crippen LogP contribution in [-0.2, 0) is 11.3 Å². The molecule has 2 aromatic carbocycles. The number of carbonyl (C=O) groups is 1. The lowest BCUT2D eigenvalue weighted by Crippen LogP contribution is -2.36. The first-order valence-corrected chi connectivity index (χ1v) is 10.9. The van der Waals surface area contributed by atoms with Gasteiger partial charge in [-0.2, -0.15) is 10.2 Å². The molecular weight excluding hydrogens is 421 g/mol. The predicted octanol–water partition coefficient (Wildman–Crippen LogP) is 4.03. The maximum absolute atomic E-state index is 14.3. The molecule has 1 N–H and O–H groups in total. The number of rotatable bonds is 6. The molecule has 0 bridgehead atoms. The molecule has 2 aromatic heterocycles. The highest BCUT2D eigenvalue weighted by atomic mass is 19.1. The third-order valence-corrected chi connectivity index (χ3v) is 5.55. The highest BCUT2D eigenvalue weighted by Crippen LogP contribution is 2.23. The molecule has 1 amide bonds. The van der Waals surface area contributed by atoms with E-state index in [4.69, 9.17) is 0 Å². The normalized spacial score (nSPS) is 12.3. The van der Waals surface area contributed by atoms with Crippen molar-refractivity contribution in [2.75, 3.05) is 0 Å². The number of hydrogen-bond acceptors (Lipinski definition) is 4. The van der Waals surface area contributed by atoms with Gasteiger partial charge in [-0.15, -0.1) is 0 Å². The summed E-state index contributed by atoms with van der Waals surface area (Å²) < 4.78 is 17.0. The lowest BCUT2D eigenvalue weighted by molar-refractivity contribution is -0.122. The van der Waals surface area contributed by atoms with Crippen LogP contribution in [0.5, 0.6) is 0 Å². The van der Waals surface area contributed by atoms with Gasteiger partial charge in [0, 0.05) is 10.9 Å². The predicted molar refractivity (Wildman–Crippen MR) is 125 cm³/mol. The first-order chi connectivity index (χ1) is 15.8. The van der Waals surface area contributed by atoms with Crippen molar-refractivity contribution >= 4 is 16.8 Å². The molecule has 170 valence electrons. The summed E-state index contributed by atoms with van der Waals surface area (Å²) in [5.74, 6) is -0.804. The summed E-state index contributed by atoms with van der Waals surface area (Å²) in [7, 11) is 0. The van der Waals surface area contributed by atoms with E-state index in [1.807, 2.05) is 44.2 Å². The van der Waals surface area contributed by atoms with Crippen molar-refractivity contribution in [1.29, 1.82) is 0 Å². The minimum atomic E-state index is -0.558. The zero-order chi connectivity index (χ0) is 23.7. The fourth-order valence-corrected chi connectivity index (χ4v) is 3.88. The van der Waals surface area contributed by atoms with E-state index in [9.17, 15) is 14.0 Å². The van der Waals surface area contributed by atoms with E-state index >= 15 is 0 Å². The SMILES string of the molecule is Cc1ccc([C@H](C)NC(=O)Cn2nc(C(C)C)c3cnn(-c4ccccc4)c3c2=O)c(F)c1. The molecule has 4 aromatic rings. The molecule has 0 saturated carbocycles. The Balaban J connectivity index is 1.69. The van der Waals surface area contributed by atoms with E-state index in [-0.39, 0.29) is 18.3 Å². The Kier molecular flexibility index (Phi) is 6.09. The number of aryl methyl sites for hydroxylation is 1. The molecule has 1 atom stereocenters. The Morgan fingerprint density at radius 3 is 2.52 bits per heavy atom. The van der Waals surface area contributed by atoms with Crippen LogP contribution in [0.1, 0.15) is 49.6 Å². The molecule has 0 unspecified atom stereocenters. The molecule has 4 rings (SSSR count). The number of nitrogens with one attached hydrogen (secondary N) is 1. The molecular formula is C25H26FN5O2. The van der Waals surface area contributed by atoms with E-state index in [0.29, 0.717) is 22.2 Å². The van der Waals surface area contributed by atoms with E-state index in [0.717, 1.165) is 15.9 Å². The number of halogens is 1. The maximum Gasteiger partial charge on any atom is 0.293 e. The van der Waals surface area contributed by atoms with Gasteiger partial charge >= 0.3 is 0 Å². The van der Waals surface area contributed by atoms with Crippen molar-refractivity contribution in [2.45, 2.75) is 46.2 Å². The number of hydrogen-bond donors (Lipinski definition) is 1. The quantitative estimate of drug-likeness (QED) is 0.484.